The topological polar surface area (TPSA) is 115 Å². The van der Waals surface area contributed by atoms with Crippen molar-refractivity contribution in [3.05, 3.63) is 30.6 Å². The summed E-state index contributed by atoms with van der Waals surface area (Å²) in [6.45, 7) is 14.1. The van der Waals surface area contributed by atoms with Crippen molar-refractivity contribution >= 4 is 24.3 Å². The summed E-state index contributed by atoms with van der Waals surface area (Å²) in [5.74, 6) is 0.239. The predicted molar refractivity (Wildman–Crippen MR) is 144 cm³/mol. The molecular formula is C29H42BNO7. The van der Waals surface area contributed by atoms with Gasteiger partial charge in [0.15, 0.2) is 6.61 Å². The summed E-state index contributed by atoms with van der Waals surface area (Å²) in [6, 6.07) is 1.63. The van der Waals surface area contributed by atoms with E-state index in [9.17, 15) is 19.7 Å². The number of pyridine rings is 1. The van der Waals surface area contributed by atoms with Crippen molar-refractivity contribution in [1.82, 2.24) is 4.98 Å². The zero-order valence-electron chi connectivity index (χ0n) is 23.4. The Hall–Kier alpha value is -2.23. The summed E-state index contributed by atoms with van der Waals surface area (Å²) < 4.78 is 17.1. The van der Waals surface area contributed by atoms with Crippen LogP contribution in [0.2, 0.25) is 0 Å². The number of hydrogen-bond donors (Lipinski definition) is 2. The number of nitrogens with zero attached hydrogens (tertiary/aromatic N) is 1. The van der Waals surface area contributed by atoms with Crippen molar-refractivity contribution in [3.8, 4) is 5.75 Å². The second-order valence-corrected chi connectivity index (χ2v) is 12.5. The average molecular weight is 527 g/mol. The predicted octanol–water partition coefficient (Wildman–Crippen LogP) is 3.36. The maximum Gasteiger partial charge on any atom is 0.493 e. The van der Waals surface area contributed by atoms with Crippen LogP contribution < -0.4 is 10.2 Å². The molecular weight excluding hydrogens is 485 g/mol. The van der Waals surface area contributed by atoms with Crippen LogP contribution in [0.25, 0.3) is 0 Å². The van der Waals surface area contributed by atoms with Gasteiger partial charge >= 0.3 is 13.1 Å². The molecule has 2 bridgehead atoms. The summed E-state index contributed by atoms with van der Waals surface area (Å²) in [5, 5.41) is 21.6. The molecule has 1 aromatic heterocycles. The number of carbonyl (C=O) groups excluding carboxylic acids is 2. The van der Waals surface area contributed by atoms with Crippen LogP contribution in [0.4, 0.5) is 0 Å². The lowest BCUT2D eigenvalue weighted by atomic mass is 9.47. The van der Waals surface area contributed by atoms with Crippen molar-refractivity contribution < 1.29 is 33.8 Å². The molecule has 2 saturated carbocycles. The van der Waals surface area contributed by atoms with Crippen LogP contribution in [-0.4, -0.2) is 52.8 Å². The van der Waals surface area contributed by atoms with Crippen molar-refractivity contribution in [2.45, 2.75) is 92.0 Å². The van der Waals surface area contributed by atoms with Gasteiger partial charge in [0.25, 0.3) is 0 Å². The minimum atomic E-state index is -1.05. The fraction of sp³-hybridized carbons (Fsp3) is 0.690. The number of aliphatic hydroxyl groups excluding tert-OH is 1. The Labute approximate surface area is 226 Å². The standard InChI is InChI=1S/C29H42BNO7/c1-7-27(5)13-24(38-25(33)16-36-21-12-22-23(31-14-21)15-37-30(22)35)28(6)17-29(10-8-18(28)2,11-9-19(3)32)20(4)26(27)34/h7,12,14,18,20,24,26,34-35H,1,8-11,13,15-17H2,2-6H3/t18-,20+,24-,26+,27-,28+,29-/m1/s1. The first-order valence-electron chi connectivity index (χ1n) is 13.8. The molecule has 0 radical (unpaired) electrons. The third kappa shape index (κ3) is 5.30. The van der Waals surface area contributed by atoms with Crippen LogP contribution in [0.3, 0.4) is 0 Å². The maximum absolute atomic E-state index is 13.2. The number of ketones is 1. The molecule has 2 aliphatic carbocycles. The molecule has 0 amide bonds. The van der Waals surface area contributed by atoms with Crippen LogP contribution in [0.15, 0.2) is 24.9 Å². The molecule has 1 aliphatic heterocycles. The molecule has 2 heterocycles. The molecule has 3 aliphatic rings. The number of fused-ring (bicyclic) bond motifs is 3. The lowest BCUT2D eigenvalue weighted by Gasteiger charge is -2.60. The van der Waals surface area contributed by atoms with Crippen LogP contribution >= 0.6 is 0 Å². The highest BCUT2D eigenvalue weighted by molar-refractivity contribution is 6.61. The van der Waals surface area contributed by atoms with Gasteiger partial charge in [0.1, 0.15) is 17.6 Å². The van der Waals surface area contributed by atoms with E-state index < -0.39 is 30.7 Å². The molecule has 208 valence electrons. The molecule has 0 aromatic carbocycles. The Morgan fingerprint density at radius 2 is 2.08 bits per heavy atom. The molecule has 38 heavy (non-hydrogen) atoms. The summed E-state index contributed by atoms with van der Waals surface area (Å²) >= 11 is 0. The fourth-order valence-corrected chi connectivity index (χ4v) is 7.07. The number of aromatic nitrogens is 1. The van der Waals surface area contributed by atoms with Crippen molar-refractivity contribution in [2.24, 2.45) is 28.1 Å². The molecule has 1 aromatic rings. The smallest absolute Gasteiger partial charge is 0.480 e. The average Bonchev–Trinajstić information content (AvgIpc) is 3.26. The lowest BCUT2D eigenvalue weighted by Crippen LogP contribution is -2.58. The largest absolute Gasteiger partial charge is 0.493 e. The van der Waals surface area contributed by atoms with Crippen LogP contribution in [0.5, 0.6) is 5.75 Å². The van der Waals surface area contributed by atoms with Crippen molar-refractivity contribution in [1.29, 1.82) is 0 Å². The van der Waals surface area contributed by atoms with Gasteiger partial charge in [0.2, 0.25) is 0 Å². The van der Waals surface area contributed by atoms with E-state index in [0.29, 0.717) is 36.2 Å². The second-order valence-electron chi connectivity index (χ2n) is 12.5. The van der Waals surface area contributed by atoms with Gasteiger partial charge in [-0.1, -0.05) is 33.8 Å². The Morgan fingerprint density at radius 1 is 1.34 bits per heavy atom. The Morgan fingerprint density at radius 3 is 2.76 bits per heavy atom. The third-order valence-electron chi connectivity index (χ3n) is 10.1. The van der Waals surface area contributed by atoms with Crippen LogP contribution in [0.1, 0.15) is 78.8 Å². The molecule has 8 nitrogen and oxygen atoms in total. The lowest BCUT2D eigenvalue weighted by molar-refractivity contribution is -0.190. The first-order valence-corrected chi connectivity index (χ1v) is 13.8. The fourth-order valence-electron chi connectivity index (χ4n) is 7.07. The van der Waals surface area contributed by atoms with Crippen LogP contribution in [0, 0.1) is 28.1 Å². The molecule has 0 saturated heterocycles. The van der Waals surface area contributed by atoms with Gasteiger partial charge in [0.05, 0.1) is 24.6 Å². The Balaban J connectivity index is 1.58. The van der Waals surface area contributed by atoms with E-state index in [2.05, 4.69) is 32.3 Å². The highest BCUT2D eigenvalue weighted by atomic mass is 16.6. The Kier molecular flexibility index (Phi) is 8.13. The van der Waals surface area contributed by atoms with Gasteiger partial charge < -0.3 is 29.1 Å². The number of esters is 1. The zero-order valence-corrected chi connectivity index (χ0v) is 23.4. The van der Waals surface area contributed by atoms with Gasteiger partial charge in [-0.2, -0.15) is 0 Å². The van der Waals surface area contributed by atoms with Crippen LogP contribution in [-0.2, 0) is 25.6 Å². The number of Topliss-reactive ketones (excluding diaryl/α,β-unsaturated/α-hetero) is 1. The van der Waals surface area contributed by atoms with Gasteiger partial charge in [-0.3, -0.25) is 4.98 Å². The molecule has 7 atom stereocenters. The number of carbonyl (C=O) groups is 2. The first kappa shape index (κ1) is 28.8. The Bertz CT molecular complexity index is 1080. The number of rotatable bonds is 8. The van der Waals surface area contributed by atoms with E-state index in [1.54, 1.807) is 19.1 Å². The highest BCUT2D eigenvalue weighted by Gasteiger charge is 2.58. The monoisotopic (exact) mass is 527 g/mol. The normalized spacial score (nSPS) is 36.6. The van der Waals surface area contributed by atoms with E-state index in [1.165, 1.54) is 6.20 Å². The summed E-state index contributed by atoms with van der Waals surface area (Å²) in [7, 11) is -1.05. The molecule has 0 unspecified atom stereocenters. The van der Waals surface area contributed by atoms with E-state index in [0.717, 1.165) is 19.3 Å². The maximum atomic E-state index is 13.2. The quantitative estimate of drug-likeness (QED) is 0.301. The van der Waals surface area contributed by atoms with Crippen molar-refractivity contribution in [2.75, 3.05) is 6.61 Å². The van der Waals surface area contributed by atoms with Gasteiger partial charge in [0, 0.05) is 22.7 Å². The highest BCUT2D eigenvalue weighted by Crippen LogP contribution is 2.62. The molecule has 2 fully saturated rings. The molecule has 2 N–H and O–H groups in total. The minimum Gasteiger partial charge on any atom is -0.480 e. The van der Waals surface area contributed by atoms with Gasteiger partial charge in [-0.25, -0.2) is 4.79 Å². The summed E-state index contributed by atoms with van der Waals surface area (Å²) in [5.41, 5.74) is -0.0834. The van der Waals surface area contributed by atoms with E-state index in [-0.39, 0.29) is 41.7 Å². The molecule has 0 spiro atoms. The van der Waals surface area contributed by atoms with Gasteiger partial charge in [-0.15, -0.1) is 6.58 Å². The summed E-state index contributed by atoms with van der Waals surface area (Å²) in [4.78, 5) is 29.4. The van der Waals surface area contributed by atoms with E-state index >= 15 is 0 Å². The zero-order chi connectivity index (χ0) is 27.9. The number of ether oxygens (including phenoxy) is 2. The van der Waals surface area contributed by atoms with E-state index in [1.807, 2.05) is 6.92 Å². The summed E-state index contributed by atoms with van der Waals surface area (Å²) in [6.07, 6.45) is 6.40. The minimum absolute atomic E-state index is 0.0386. The molecule has 4 rings (SSSR count). The third-order valence-corrected chi connectivity index (χ3v) is 10.1. The number of hydrogen-bond acceptors (Lipinski definition) is 8. The number of aliphatic hydroxyl groups is 1. The first-order chi connectivity index (χ1) is 17.8. The van der Waals surface area contributed by atoms with Gasteiger partial charge in [-0.05, 0) is 62.3 Å². The second kappa shape index (κ2) is 10.7. The SMILES string of the molecule is C=C[C@]1(C)C[C@@H](OC(=O)COc2cnc3c(c2)B(O)OC3)[C@@]2(C)C[C@](CCC(C)=O)(CC[C@H]2C)[C@@H](C)[C@@H]1O. The van der Waals surface area contributed by atoms with E-state index in [4.69, 9.17) is 14.1 Å². The van der Waals surface area contributed by atoms with Crippen molar-refractivity contribution in [3.63, 3.8) is 0 Å². The molecule has 9 heteroatoms.